The summed E-state index contributed by atoms with van der Waals surface area (Å²) < 4.78 is 0. The van der Waals surface area contributed by atoms with E-state index in [4.69, 9.17) is 0 Å². The third kappa shape index (κ3) is 2.48. The van der Waals surface area contributed by atoms with Crippen molar-refractivity contribution in [2.45, 2.75) is 33.2 Å². The van der Waals surface area contributed by atoms with Crippen LogP contribution in [0.15, 0.2) is 11.6 Å². The second kappa shape index (κ2) is 4.92. The molecule has 1 aliphatic rings. The number of allylic oxidation sites excluding steroid dienone is 1. The summed E-state index contributed by atoms with van der Waals surface area (Å²) in [5.41, 5.74) is 0.567. The van der Waals surface area contributed by atoms with E-state index in [0.717, 1.165) is 6.42 Å². The van der Waals surface area contributed by atoms with Gasteiger partial charge in [-0.05, 0) is 20.3 Å². The zero-order chi connectivity index (χ0) is 12.3. The molecule has 5 nitrogen and oxygen atoms in total. The van der Waals surface area contributed by atoms with Crippen molar-refractivity contribution in [3.63, 3.8) is 0 Å². The van der Waals surface area contributed by atoms with Crippen molar-refractivity contribution in [2.24, 2.45) is 0 Å². The maximum absolute atomic E-state index is 11.9. The molecule has 0 saturated carbocycles. The predicted molar refractivity (Wildman–Crippen MR) is 58.4 cm³/mol. The van der Waals surface area contributed by atoms with Crippen LogP contribution in [0, 0.1) is 0 Å². The first-order valence-electron chi connectivity index (χ1n) is 5.28. The zero-order valence-electron chi connectivity index (χ0n) is 9.74. The molecule has 88 valence electrons. The van der Waals surface area contributed by atoms with Gasteiger partial charge in [0.15, 0.2) is 0 Å². The van der Waals surface area contributed by atoms with Crippen molar-refractivity contribution in [1.82, 2.24) is 10.2 Å². The maximum atomic E-state index is 11.9. The van der Waals surface area contributed by atoms with Crippen molar-refractivity contribution in [3.05, 3.63) is 11.6 Å². The van der Waals surface area contributed by atoms with E-state index in [1.165, 1.54) is 4.90 Å². The quantitative estimate of drug-likeness (QED) is 0.539. The number of nitrogens with zero attached hydrogens (tertiary/aromatic N) is 1. The molecule has 0 radical (unpaired) electrons. The highest BCUT2D eigenvalue weighted by molar-refractivity contribution is 6.06. The van der Waals surface area contributed by atoms with Gasteiger partial charge < -0.3 is 4.90 Å². The van der Waals surface area contributed by atoms with Crippen LogP contribution < -0.4 is 5.32 Å². The normalized spacial score (nSPS) is 22.1. The summed E-state index contributed by atoms with van der Waals surface area (Å²) in [5.74, 6) is -1.10. The molecule has 1 saturated heterocycles. The molecule has 1 fully saturated rings. The van der Waals surface area contributed by atoms with E-state index in [1.807, 2.05) is 6.92 Å². The van der Waals surface area contributed by atoms with Gasteiger partial charge in [-0.1, -0.05) is 13.0 Å². The number of carbonyl (C=O) groups is 3. The molecular weight excluding hydrogens is 208 g/mol. The monoisotopic (exact) mass is 224 g/mol. The van der Waals surface area contributed by atoms with E-state index >= 15 is 0 Å². The van der Waals surface area contributed by atoms with Crippen molar-refractivity contribution >= 4 is 17.7 Å². The number of piperazine rings is 1. The summed E-state index contributed by atoms with van der Waals surface area (Å²) in [6.07, 6.45) is 2.53. The number of hydrogen-bond donors (Lipinski definition) is 1. The van der Waals surface area contributed by atoms with Gasteiger partial charge in [-0.15, -0.1) is 0 Å². The molecule has 0 aromatic heterocycles. The standard InChI is InChI=1S/C11H16N2O3/c1-4-5-7(2)11(16)13-6-9(14)12-10(15)8(13)3/h5,8H,4,6H2,1-3H3,(H,12,14,15). The Bertz CT molecular complexity index is 360. The number of rotatable bonds is 2. The molecule has 1 rings (SSSR count). The van der Waals surface area contributed by atoms with Crippen molar-refractivity contribution in [2.75, 3.05) is 6.54 Å². The summed E-state index contributed by atoms with van der Waals surface area (Å²) in [7, 11) is 0. The van der Waals surface area contributed by atoms with Gasteiger partial charge in [-0.25, -0.2) is 0 Å². The van der Waals surface area contributed by atoms with Gasteiger partial charge >= 0.3 is 0 Å². The van der Waals surface area contributed by atoms with Gasteiger partial charge in [0.05, 0.1) is 0 Å². The number of nitrogens with one attached hydrogen (secondary N) is 1. The van der Waals surface area contributed by atoms with Crippen molar-refractivity contribution in [1.29, 1.82) is 0 Å². The summed E-state index contributed by atoms with van der Waals surface area (Å²) in [5, 5.41) is 2.19. The minimum absolute atomic E-state index is 0.0549. The molecule has 1 aliphatic heterocycles. The maximum Gasteiger partial charge on any atom is 0.250 e. The highest BCUT2D eigenvalue weighted by atomic mass is 16.2. The Kier molecular flexibility index (Phi) is 3.82. The van der Waals surface area contributed by atoms with Gasteiger partial charge in [-0.2, -0.15) is 0 Å². The fraction of sp³-hybridized carbons (Fsp3) is 0.545. The minimum atomic E-state index is -0.592. The van der Waals surface area contributed by atoms with Gasteiger partial charge in [0.2, 0.25) is 17.7 Å². The Morgan fingerprint density at radius 2 is 2.19 bits per heavy atom. The lowest BCUT2D eigenvalue weighted by Gasteiger charge is -2.31. The van der Waals surface area contributed by atoms with Crippen LogP contribution in [0.5, 0.6) is 0 Å². The lowest BCUT2D eigenvalue weighted by Crippen LogP contribution is -2.58. The lowest BCUT2D eigenvalue weighted by atomic mass is 10.1. The highest BCUT2D eigenvalue weighted by Crippen LogP contribution is 2.10. The number of hydrogen-bond acceptors (Lipinski definition) is 3. The highest BCUT2D eigenvalue weighted by Gasteiger charge is 2.33. The SMILES string of the molecule is CCC=C(C)C(=O)N1CC(=O)NC(=O)C1C. The smallest absolute Gasteiger partial charge is 0.250 e. The molecular formula is C11H16N2O3. The van der Waals surface area contributed by atoms with Crippen LogP contribution in [0.25, 0.3) is 0 Å². The average Bonchev–Trinajstić information content (AvgIpc) is 2.22. The molecule has 0 aromatic rings. The van der Waals surface area contributed by atoms with Crippen LogP contribution in [0.3, 0.4) is 0 Å². The number of carbonyl (C=O) groups excluding carboxylic acids is 3. The molecule has 16 heavy (non-hydrogen) atoms. The van der Waals surface area contributed by atoms with Crippen LogP contribution >= 0.6 is 0 Å². The summed E-state index contributed by atoms with van der Waals surface area (Å²) >= 11 is 0. The van der Waals surface area contributed by atoms with E-state index in [2.05, 4.69) is 5.32 Å². The molecule has 0 aromatic carbocycles. The van der Waals surface area contributed by atoms with E-state index in [0.29, 0.717) is 5.57 Å². The third-order valence-corrected chi connectivity index (χ3v) is 2.53. The molecule has 1 unspecified atom stereocenters. The third-order valence-electron chi connectivity index (χ3n) is 2.53. The first kappa shape index (κ1) is 12.4. The summed E-state index contributed by atoms with van der Waals surface area (Å²) in [6, 6.07) is -0.592. The van der Waals surface area contributed by atoms with E-state index in [9.17, 15) is 14.4 Å². The number of imide groups is 1. The van der Waals surface area contributed by atoms with Gasteiger partial charge in [0, 0.05) is 5.57 Å². The Morgan fingerprint density at radius 3 is 2.75 bits per heavy atom. The fourth-order valence-corrected chi connectivity index (χ4v) is 1.58. The van der Waals surface area contributed by atoms with Crippen molar-refractivity contribution < 1.29 is 14.4 Å². The zero-order valence-corrected chi connectivity index (χ0v) is 9.74. The second-order valence-electron chi connectivity index (χ2n) is 3.82. The minimum Gasteiger partial charge on any atom is -0.318 e. The Balaban J connectivity index is 2.86. The van der Waals surface area contributed by atoms with Crippen LogP contribution in [0.1, 0.15) is 27.2 Å². The van der Waals surface area contributed by atoms with Gasteiger partial charge in [0.25, 0.3) is 0 Å². The fourth-order valence-electron chi connectivity index (χ4n) is 1.58. The second-order valence-corrected chi connectivity index (χ2v) is 3.82. The predicted octanol–water partition coefficient (Wildman–Crippen LogP) is 0.216. The van der Waals surface area contributed by atoms with Crippen LogP contribution in [-0.4, -0.2) is 35.2 Å². The molecule has 0 aliphatic carbocycles. The Morgan fingerprint density at radius 1 is 1.56 bits per heavy atom. The number of amides is 3. The topological polar surface area (TPSA) is 66.5 Å². The molecule has 3 amide bonds. The first-order chi connectivity index (χ1) is 7.47. The van der Waals surface area contributed by atoms with Crippen LogP contribution in [0.2, 0.25) is 0 Å². The Hall–Kier alpha value is -1.65. The van der Waals surface area contributed by atoms with Gasteiger partial charge in [-0.3, -0.25) is 19.7 Å². The molecule has 0 spiro atoms. The van der Waals surface area contributed by atoms with Crippen molar-refractivity contribution in [3.8, 4) is 0 Å². The van der Waals surface area contributed by atoms with E-state index in [1.54, 1.807) is 19.9 Å². The van der Waals surface area contributed by atoms with Crippen LogP contribution in [-0.2, 0) is 14.4 Å². The molecule has 1 N–H and O–H groups in total. The molecule has 1 heterocycles. The molecule has 5 heteroatoms. The largest absolute Gasteiger partial charge is 0.318 e. The van der Waals surface area contributed by atoms with Crippen LogP contribution in [0.4, 0.5) is 0 Å². The van der Waals surface area contributed by atoms with E-state index < -0.39 is 17.9 Å². The average molecular weight is 224 g/mol. The lowest BCUT2D eigenvalue weighted by molar-refractivity contribution is -0.147. The summed E-state index contributed by atoms with van der Waals surface area (Å²) in [4.78, 5) is 35.7. The van der Waals surface area contributed by atoms with Gasteiger partial charge in [0.1, 0.15) is 12.6 Å². The summed E-state index contributed by atoms with van der Waals surface area (Å²) in [6.45, 7) is 5.17. The molecule has 0 bridgehead atoms. The van der Waals surface area contributed by atoms with E-state index in [-0.39, 0.29) is 12.5 Å². The Labute approximate surface area is 94.5 Å². The molecule has 1 atom stereocenters. The first-order valence-corrected chi connectivity index (χ1v) is 5.28.